The first-order valence-corrected chi connectivity index (χ1v) is 7.01. The van der Waals surface area contributed by atoms with Gasteiger partial charge in [-0.2, -0.15) is 10.1 Å². The van der Waals surface area contributed by atoms with Crippen molar-refractivity contribution in [3.8, 4) is 11.6 Å². The molecule has 0 aromatic carbocycles. The highest BCUT2D eigenvalue weighted by atomic mass is 79.9. The first-order valence-electron chi connectivity index (χ1n) is 6.22. The van der Waals surface area contributed by atoms with Crippen LogP contribution >= 0.6 is 15.9 Å². The molecule has 0 spiro atoms. The van der Waals surface area contributed by atoms with E-state index >= 15 is 0 Å². The number of ether oxygens (including phenoxy) is 1. The van der Waals surface area contributed by atoms with Gasteiger partial charge in [0.25, 0.3) is 0 Å². The second-order valence-electron chi connectivity index (χ2n) is 4.89. The first kappa shape index (κ1) is 14.0. The Balaban J connectivity index is 2.22. The van der Waals surface area contributed by atoms with Crippen molar-refractivity contribution in [1.29, 1.82) is 0 Å². The fourth-order valence-electron chi connectivity index (χ4n) is 1.50. The summed E-state index contributed by atoms with van der Waals surface area (Å²) in [6, 6.07) is 2.05. The molecule has 0 bridgehead atoms. The molecule has 2 aromatic rings. The van der Waals surface area contributed by atoms with Crippen LogP contribution in [0.3, 0.4) is 0 Å². The summed E-state index contributed by atoms with van der Waals surface area (Å²) in [6.45, 7) is 8.22. The average molecular weight is 325 g/mol. The van der Waals surface area contributed by atoms with E-state index in [1.54, 1.807) is 12.3 Å². The summed E-state index contributed by atoms with van der Waals surface area (Å²) in [4.78, 5) is 8.70. The van der Waals surface area contributed by atoms with Gasteiger partial charge in [-0.25, -0.2) is 4.98 Å². The van der Waals surface area contributed by atoms with Gasteiger partial charge in [-0.3, -0.25) is 4.68 Å². The molecule has 0 unspecified atom stereocenters. The maximum absolute atomic E-state index is 5.72. The molecule has 0 atom stereocenters. The molecule has 0 aliphatic carbocycles. The predicted molar refractivity (Wildman–Crippen MR) is 76.5 cm³/mol. The Morgan fingerprint density at radius 3 is 2.53 bits per heavy atom. The van der Waals surface area contributed by atoms with Crippen molar-refractivity contribution in [1.82, 2.24) is 19.7 Å². The van der Waals surface area contributed by atoms with Crippen LogP contribution in [0.25, 0.3) is 0 Å². The van der Waals surface area contributed by atoms with E-state index in [9.17, 15) is 0 Å². The minimum absolute atomic E-state index is 0.248. The third-order valence-corrected chi connectivity index (χ3v) is 2.94. The molecule has 19 heavy (non-hydrogen) atoms. The van der Waals surface area contributed by atoms with Crippen LogP contribution in [-0.4, -0.2) is 19.7 Å². The van der Waals surface area contributed by atoms with E-state index in [2.05, 4.69) is 44.8 Å². The van der Waals surface area contributed by atoms with E-state index in [1.807, 2.05) is 24.7 Å². The van der Waals surface area contributed by atoms with Crippen LogP contribution < -0.4 is 4.74 Å². The third-order valence-electron chi connectivity index (χ3n) is 2.53. The highest BCUT2D eigenvalue weighted by molar-refractivity contribution is 9.10. The second-order valence-corrected chi connectivity index (χ2v) is 5.71. The van der Waals surface area contributed by atoms with Crippen LogP contribution in [0.4, 0.5) is 0 Å². The van der Waals surface area contributed by atoms with Crippen LogP contribution in [0, 0.1) is 0 Å². The number of rotatable bonds is 4. The molecule has 0 fully saturated rings. The number of hydrogen-bond donors (Lipinski definition) is 0. The summed E-state index contributed by atoms with van der Waals surface area (Å²) in [5, 5.41) is 4.23. The lowest BCUT2D eigenvalue weighted by molar-refractivity contribution is 0.452. The fraction of sp³-hybridized carbons (Fsp3) is 0.462. The van der Waals surface area contributed by atoms with E-state index in [1.165, 1.54) is 0 Å². The Hall–Kier alpha value is -1.43. The zero-order valence-corrected chi connectivity index (χ0v) is 13.0. The van der Waals surface area contributed by atoms with Gasteiger partial charge in [0, 0.05) is 18.0 Å². The molecule has 0 radical (unpaired) electrons. The highest BCUT2D eigenvalue weighted by Gasteiger charge is 2.10. The van der Waals surface area contributed by atoms with Crippen LogP contribution in [-0.2, 0) is 0 Å². The summed E-state index contributed by atoms with van der Waals surface area (Å²) >= 11 is 3.37. The van der Waals surface area contributed by atoms with Gasteiger partial charge in [-0.1, -0.05) is 13.8 Å². The topological polar surface area (TPSA) is 52.8 Å². The van der Waals surface area contributed by atoms with Gasteiger partial charge >= 0.3 is 0 Å². The van der Waals surface area contributed by atoms with Gasteiger partial charge in [0.2, 0.25) is 5.88 Å². The molecule has 2 aromatic heterocycles. The second kappa shape index (κ2) is 5.69. The van der Waals surface area contributed by atoms with Crippen molar-refractivity contribution < 1.29 is 4.74 Å². The van der Waals surface area contributed by atoms with E-state index in [-0.39, 0.29) is 5.92 Å². The van der Waals surface area contributed by atoms with Gasteiger partial charge in [-0.05, 0) is 29.8 Å². The number of hydrogen-bond acceptors (Lipinski definition) is 4. The molecule has 5 nitrogen and oxygen atoms in total. The Kier molecular flexibility index (Phi) is 4.19. The normalized spacial score (nSPS) is 11.3. The Morgan fingerprint density at radius 1 is 1.21 bits per heavy atom. The average Bonchev–Trinajstić information content (AvgIpc) is 2.76. The fourth-order valence-corrected chi connectivity index (χ4v) is 1.88. The Labute approximate surface area is 121 Å². The summed E-state index contributed by atoms with van der Waals surface area (Å²) < 4.78 is 8.28. The number of nitrogens with zero attached hydrogens (tertiary/aromatic N) is 4. The molecule has 2 heterocycles. The minimum atomic E-state index is 0.248. The molecule has 2 rings (SSSR count). The molecular weight excluding hydrogens is 308 g/mol. The monoisotopic (exact) mass is 324 g/mol. The van der Waals surface area contributed by atoms with Crippen molar-refractivity contribution >= 4 is 15.9 Å². The quantitative estimate of drug-likeness (QED) is 0.799. The molecule has 0 aliphatic heterocycles. The number of aromatic nitrogens is 4. The minimum Gasteiger partial charge on any atom is -0.436 e. The van der Waals surface area contributed by atoms with Crippen molar-refractivity contribution in [2.75, 3.05) is 0 Å². The largest absolute Gasteiger partial charge is 0.436 e. The van der Waals surface area contributed by atoms with E-state index < -0.39 is 0 Å². The predicted octanol–water partition coefficient (Wildman–Crippen LogP) is 3.93. The summed E-state index contributed by atoms with van der Waals surface area (Å²) in [5.74, 6) is 2.20. The van der Waals surface area contributed by atoms with Crippen LogP contribution in [0.2, 0.25) is 0 Å². The van der Waals surface area contributed by atoms with Crippen molar-refractivity contribution in [3.63, 3.8) is 0 Å². The standard InChI is InChI=1S/C13H17BrN4O/c1-8(2)13-16-11(14)5-12(17-13)19-10-6-15-18(7-10)9(3)4/h5-9H,1-4H3. The van der Waals surface area contributed by atoms with E-state index in [0.29, 0.717) is 17.7 Å². The zero-order valence-electron chi connectivity index (χ0n) is 11.5. The molecule has 0 saturated heterocycles. The van der Waals surface area contributed by atoms with Gasteiger partial charge in [-0.15, -0.1) is 0 Å². The van der Waals surface area contributed by atoms with Gasteiger partial charge in [0.1, 0.15) is 10.4 Å². The zero-order chi connectivity index (χ0) is 14.0. The number of halogens is 1. The van der Waals surface area contributed by atoms with Gasteiger partial charge in [0.15, 0.2) is 5.75 Å². The lowest BCUT2D eigenvalue weighted by atomic mass is 10.2. The third kappa shape index (κ3) is 3.53. The van der Waals surface area contributed by atoms with Crippen molar-refractivity contribution in [3.05, 3.63) is 28.9 Å². The smallest absolute Gasteiger partial charge is 0.223 e. The molecule has 0 aliphatic rings. The van der Waals surface area contributed by atoms with Gasteiger partial charge < -0.3 is 4.74 Å². The molecule has 102 valence electrons. The van der Waals surface area contributed by atoms with E-state index in [0.717, 1.165) is 10.4 Å². The van der Waals surface area contributed by atoms with Gasteiger partial charge in [0.05, 0.1) is 12.4 Å². The maximum atomic E-state index is 5.72. The molecule has 6 heteroatoms. The molecular formula is C13H17BrN4O. The maximum Gasteiger partial charge on any atom is 0.223 e. The van der Waals surface area contributed by atoms with Crippen LogP contribution in [0.5, 0.6) is 11.6 Å². The van der Waals surface area contributed by atoms with Crippen molar-refractivity contribution in [2.24, 2.45) is 0 Å². The Morgan fingerprint density at radius 2 is 1.95 bits per heavy atom. The SMILES string of the molecule is CC(C)c1nc(Br)cc(Oc2cnn(C(C)C)c2)n1. The summed E-state index contributed by atoms with van der Waals surface area (Å²) in [5.41, 5.74) is 0. The van der Waals surface area contributed by atoms with Crippen molar-refractivity contribution in [2.45, 2.75) is 39.7 Å². The first-order chi connectivity index (χ1) is 8.95. The highest BCUT2D eigenvalue weighted by Crippen LogP contribution is 2.24. The molecule has 0 N–H and O–H groups in total. The Bertz CT molecular complexity index is 566. The van der Waals surface area contributed by atoms with E-state index in [4.69, 9.17) is 4.74 Å². The molecule has 0 saturated carbocycles. The summed E-state index contributed by atoms with van der Waals surface area (Å²) in [7, 11) is 0. The summed E-state index contributed by atoms with van der Waals surface area (Å²) in [6.07, 6.45) is 3.54. The van der Waals surface area contributed by atoms with Crippen LogP contribution in [0.15, 0.2) is 23.1 Å². The van der Waals surface area contributed by atoms with Crippen LogP contribution in [0.1, 0.15) is 45.5 Å². The lowest BCUT2D eigenvalue weighted by Crippen LogP contribution is -2.00. The molecule has 0 amide bonds. The lowest BCUT2D eigenvalue weighted by Gasteiger charge is -2.07.